The second-order valence-corrected chi connectivity index (χ2v) is 15.8. The Kier molecular flexibility index (Phi) is 43.0. The van der Waals surface area contributed by atoms with Crippen molar-refractivity contribution in [2.75, 3.05) is 0 Å². The molecule has 0 nitrogen and oxygen atoms in total. The van der Waals surface area contributed by atoms with Crippen LogP contribution in [0, 0.1) is 12.8 Å². The van der Waals surface area contributed by atoms with Gasteiger partial charge < -0.3 is 0 Å². The molecular weight excluding hydrogens is 553 g/mol. The maximum Gasteiger partial charge on any atom is -0.0414 e. The smallest absolute Gasteiger partial charge is 0.0414 e. The Bertz CT molecular complexity index is 494. The van der Waals surface area contributed by atoms with Crippen LogP contribution in [0.1, 0.15) is 284 Å². The fourth-order valence-corrected chi connectivity index (χ4v) is 7.71. The summed E-state index contributed by atoms with van der Waals surface area (Å²) in [4.78, 5) is 0. The van der Waals surface area contributed by atoms with E-state index in [0.717, 1.165) is 12.3 Å². The van der Waals surface area contributed by atoms with Crippen molar-refractivity contribution in [1.82, 2.24) is 0 Å². The van der Waals surface area contributed by atoms with Gasteiger partial charge in [-0.3, -0.25) is 0 Å². The van der Waals surface area contributed by atoms with Crippen LogP contribution in [0.4, 0.5) is 0 Å². The molecule has 0 bridgehead atoms. The normalized spacial score (nSPS) is 12.3. The van der Waals surface area contributed by atoms with E-state index < -0.39 is 0 Å². The second-order valence-electron chi connectivity index (χ2n) is 15.8. The van der Waals surface area contributed by atoms with Gasteiger partial charge in [-0.2, -0.15) is 0 Å². The summed E-state index contributed by atoms with van der Waals surface area (Å²) in [6, 6.07) is 0. The van der Waals surface area contributed by atoms with E-state index in [1.165, 1.54) is 263 Å². The fourth-order valence-electron chi connectivity index (χ4n) is 7.71. The summed E-state index contributed by atoms with van der Waals surface area (Å²) in [5, 5.41) is 0. The van der Waals surface area contributed by atoms with Gasteiger partial charge in [-0.1, -0.05) is 290 Å². The predicted octanol–water partition coefficient (Wildman–Crippen LogP) is 17.9. The van der Waals surface area contributed by atoms with Crippen LogP contribution in [0.2, 0.25) is 0 Å². The predicted molar refractivity (Wildman–Crippen MR) is 214 cm³/mol. The first-order valence-electron chi connectivity index (χ1n) is 22.6. The van der Waals surface area contributed by atoms with Crippen molar-refractivity contribution in [3.05, 3.63) is 6.92 Å². The van der Waals surface area contributed by atoms with Gasteiger partial charge in [-0.15, -0.1) is 0 Å². The zero-order chi connectivity index (χ0) is 33.3. The lowest BCUT2D eigenvalue weighted by Crippen LogP contribution is -2.01. The summed E-state index contributed by atoms with van der Waals surface area (Å²) in [7, 11) is 0. The molecule has 1 atom stereocenters. The Labute approximate surface area is 295 Å². The largest absolute Gasteiger partial charge is 0.0654 e. The standard InChI is InChI=1S/C46H93/c1-4-7-10-12-14-16-18-20-22-24-25-26-27-28-30-32-34-36-38-40-42-45-46(43-9-6-3)44-41-39-37-35-33-31-29-23-21-19-17-15-13-11-8-5-2/h46H,3-45H2,1-2H3. The van der Waals surface area contributed by atoms with Crippen LogP contribution in [0.15, 0.2) is 0 Å². The number of hydrogen-bond acceptors (Lipinski definition) is 0. The molecule has 0 aromatic carbocycles. The Morgan fingerprint density at radius 1 is 0.239 bits per heavy atom. The van der Waals surface area contributed by atoms with E-state index in [-0.39, 0.29) is 0 Å². The molecule has 0 spiro atoms. The van der Waals surface area contributed by atoms with E-state index in [1.54, 1.807) is 0 Å². The quantitative estimate of drug-likeness (QED) is 0.0579. The fraction of sp³-hybridized carbons (Fsp3) is 0.978. The first kappa shape index (κ1) is 46.0. The maximum atomic E-state index is 4.13. The minimum atomic E-state index is 0.994. The topological polar surface area (TPSA) is 0 Å². The minimum absolute atomic E-state index is 0.994. The molecule has 0 amide bonds. The molecule has 0 aliphatic rings. The second kappa shape index (κ2) is 43.0. The van der Waals surface area contributed by atoms with Crippen LogP contribution < -0.4 is 0 Å². The van der Waals surface area contributed by atoms with Crippen molar-refractivity contribution < 1.29 is 0 Å². The molecule has 0 heterocycles. The highest BCUT2D eigenvalue weighted by molar-refractivity contribution is 4.62. The highest BCUT2D eigenvalue weighted by Crippen LogP contribution is 2.24. The average molecular weight is 646 g/mol. The summed E-state index contributed by atoms with van der Waals surface area (Å²) >= 11 is 0. The van der Waals surface area contributed by atoms with E-state index in [9.17, 15) is 0 Å². The molecule has 0 saturated carbocycles. The molecule has 0 aromatic rings. The van der Waals surface area contributed by atoms with Crippen molar-refractivity contribution in [3.63, 3.8) is 0 Å². The van der Waals surface area contributed by atoms with Gasteiger partial charge in [0.15, 0.2) is 0 Å². The number of hydrogen-bond donors (Lipinski definition) is 0. The van der Waals surface area contributed by atoms with Gasteiger partial charge in [0, 0.05) is 0 Å². The SMILES string of the molecule is [CH2]CCCC(CCCCCCCCCCCCCCCCCC)CCCCCCCCCCCCCCCCCCCCCCC. The van der Waals surface area contributed by atoms with Crippen LogP contribution in [0.25, 0.3) is 0 Å². The number of rotatable bonds is 42. The zero-order valence-electron chi connectivity index (χ0n) is 33.0. The molecule has 1 radical (unpaired) electrons. The Balaban J connectivity index is 3.41. The first-order chi connectivity index (χ1) is 22.8. The first-order valence-corrected chi connectivity index (χ1v) is 22.6. The van der Waals surface area contributed by atoms with Gasteiger partial charge in [0.2, 0.25) is 0 Å². The minimum Gasteiger partial charge on any atom is -0.0654 e. The van der Waals surface area contributed by atoms with Crippen LogP contribution in [-0.2, 0) is 0 Å². The molecule has 46 heavy (non-hydrogen) atoms. The van der Waals surface area contributed by atoms with E-state index in [0.29, 0.717) is 0 Å². The molecule has 0 heteroatoms. The third kappa shape index (κ3) is 40.2. The molecule has 0 N–H and O–H groups in total. The van der Waals surface area contributed by atoms with E-state index in [2.05, 4.69) is 20.8 Å². The Hall–Kier alpha value is 0. The van der Waals surface area contributed by atoms with Gasteiger partial charge in [-0.05, 0) is 5.92 Å². The van der Waals surface area contributed by atoms with Crippen molar-refractivity contribution in [3.8, 4) is 0 Å². The molecule has 0 aliphatic heterocycles. The zero-order valence-corrected chi connectivity index (χ0v) is 33.0. The lowest BCUT2D eigenvalue weighted by atomic mass is 9.90. The van der Waals surface area contributed by atoms with E-state index in [4.69, 9.17) is 0 Å². The van der Waals surface area contributed by atoms with Crippen molar-refractivity contribution in [2.45, 2.75) is 284 Å². The van der Waals surface area contributed by atoms with E-state index >= 15 is 0 Å². The van der Waals surface area contributed by atoms with Crippen LogP contribution >= 0.6 is 0 Å². The monoisotopic (exact) mass is 646 g/mol. The van der Waals surface area contributed by atoms with E-state index in [1.807, 2.05) is 0 Å². The number of unbranched alkanes of at least 4 members (excludes halogenated alkanes) is 36. The molecule has 1 unspecified atom stereocenters. The van der Waals surface area contributed by atoms with Gasteiger partial charge in [0.05, 0.1) is 0 Å². The third-order valence-corrected chi connectivity index (χ3v) is 11.0. The van der Waals surface area contributed by atoms with Gasteiger partial charge in [0.1, 0.15) is 0 Å². The summed E-state index contributed by atoms with van der Waals surface area (Å²) in [6.45, 7) is 8.75. The average Bonchev–Trinajstić information content (AvgIpc) is 3.07. The summed E-state index contributed by atoms with van der Waals surface area (Å²) in [5.74, 6) is 0.994. The third-order valence-electron chi connectivity index (χ3n) is 11.0. The lowest BCUT2D eigenvalue weighted by molar-refractivity contribution is 0.372. The molecule has 0 fully saturated rings. The highest BCUT2D eigenvalue weighted by atomic mass is 14.1. The molecule has 0 aliphatic carbocycles. The molecule has 0 aromatic heterocycles. The van der Waals surface area contributed by atoms with Crippen molar-refractivity contribution >= 4 is 0 Å². The summed E-state index contributed by atoms with van der Waals surface area (Å²) < 4.78 is 0. The van der Waals surface area contributed by atoms with Crippen LogP contribution in [0.3, 0.4) is 0 Å². The molecular formula is C46H93. The Morgan fingerprint density at radius 2 is 0.413 bits per heavy atom. The highest BCUT2D eigenvalue weighted by Gasteiger charge is 2.08. The van der Waals surface area contributed by atoms with Gasteiger partial charge in [-0.25, -0.2) is 0 Å². The molecule has 0 rings (SSSR count). The van der Waals surface area contributed by atoms with Crippen molar-refractivity contribution in [1.29, 1.82) is 0 Å². The lowest BCUT2D eigenvalue weighted by Gasteiger charge is -2.16. The van der Waals surface area contributed by atoms with Crippen LogP contribution in [-0.4, -0.2) is 0 Å². The van der Waals surface area contributed by atoms with Crippen LogP contribution in [0.5, 0.6) is 0 Å². The van der Waals surface area contributed by atoms with Gasteiger partial charge in [0.25, 0.3) is 0 Å². The maximum absolute atomic E-state index is 4.13. The summed E-state index contributed by atoms with van der Waals surface area (Å²) in [5.41, 5.74) is 0. The van der Waals surface area contributed by atoms with Crippen molar-refractivity contribution in [2.24, 2.45) is 5.92 Å². The Morgan fingerprint density at radius 3 is 0.609 bits per heavy atom. The molecule has 277 valence electrons. The molecule has 0 saturated heterocycles. The van der Waals surface area contributed by atoms with Gasteiger partial charge >= 0.3 is 0 Å². The summed E-state index contributed by atoms with van der Waals surface area (Å²) in [6.07, 6.45) is 61.6.